The van der Waals surface area contributed by atoms with E-state index >= 15 is 0 Å². The van der Waals surface area contributed by atoms with Gasteiger partial charge in [0.25, 0.3) is 5.91 Å². The Balaban J connectivity index is 2.78. The van der Waals surface area contributed by atoms with Gasteiger partial charge >= 0.3 is 0 Å². The second kappa shape index (κ2) is 5.23. The molecule has 0 unspecified atom stereocenters. The molecule has 0 radical (unpaired) electrons. The van der Waals surface area contributed by atoms with Crippen LogP contribution in [0.1, 0.15) is 24.2 Å². The van der Waals surface area contributed by atoms with E-state index in [4.69, 9.17) is 5.73 Å². The molecule has 1 aromatic carbocycles. The summed E-state index contributed by atoms with van der Waals surface area (Å²) in [5, 5.41) is 2.47. The normalized spacial score (nSPS) is 11.4. The fourth-order valence-electron chi connectivity index (χ4n) is 1.19. The summed E-state index contributed by atoms with van der Waals surface area (Å²) in [5.41, 5.74) is 4.63. The van der Waals surface area contributed by atoms with Crippen molar-refractivity contribution in [2.75, 3.05) is 13.1 Å². The van der Waals surface area contributed by atoms with Gasteiger partial charge in [-0.05, 0) is 24.1 Å². The molecule has 17 heavy (non-hydrogen) atoms. The van der Waals surface area contributed by atoms with Gasteiger partial charge in [-0.3, -0.25) is 4.79 Å². The van der Waals surface area contributed by atoms with Crippen molar-refractivity contribution in [3.63, 3.8) is 0 Å². The summed E-state index contributed by atoms with van der Waals surface area (Å²) in [6, 6.07) is 3.31. The minimum Gasteiger partial charge on any atom is -0.351 e. The van der Waals surface area contributed by atoms with E-state index in [1.165, 1.54) is 6.07 Å². The summed E-state index contributed by atoms with van der Waals surface area (Å²) >= 11 is 0. The van der Waals surface area contributed by atoms with Gasteiger partial charge in [-0.2, -0.15) is 0 Å². The van der Waals surface area contributed by atoms with Gasteiger partial charge < -0.3 is 11.1 Å². The summed E-state index contributed by atoms with van der Waals surface area (Å²) in [5.74, 6) is -2.50. The molecule has 3 nitrogen and oxygen atoms in total. The van der Waals surface area contributed by atoms with Crippen molar-refractivity contribution in [1.82, 2.24) is 5.32 Å². The largest absolute Gasteiger partial charge is 0.351 e. The Hall–Kier alpha value is -1.49. The van der Waals surface area contributed by atoms with Crippen LogP contribution < -0.4 is 11.1 Å². The van der Waals surface area contributed by atoms with Crippen molar-refractivity contribution in [2.45, 2.75) is 13.8 Å². The lowest BCUT2D eigenvalue weighted by Crippen LogP contribution is -2.39. The number of benzene rings is 1. The predicted octanol–water partition coefficient (Wildman–Crippen LogP) is 1.68. The first-order valence-corrected chi connectivity index (χ1v) is 5.30. The van der Waals surface area contributed by atoms with Gasteiger partial charge in [-0.15, -0.1) is 0 Å². The van der Waals surface area contributed by atoms with Crippen LogP contribution in [0.15, 0.2) is 18.2 Å². The maximum Gasteiger partial charge on any atom is 0.257 e. The molecule has 5 heteroatoms. The van der Waals surface area contributed by atoms with Gasteiger partial charge in [0.05, 0.1) is 0 Å². The van der Waals surface area contributed by atoms with Crippen LogP contribution in [0, 0.1) is 17.0 Å². The van der Waals surface area contributed by atoms with E-state index in [-0.39, 0.29) is 12.0 Å². The van der Waals surface area contributed by atoms with Crippen molar-refractivity contribution >= 4 is 5.91 Å². The first kappa shape index (κ1) is 13.6. The highest BCUT2D eigenvalue weighted by Crippen LogP contribution is 2.14. The van der Waals surface area contributed by atoms with Gasteiger partial charge in [-0.1, -0.05) is 19.9 Å². The molecule has 0 atom stereocenters. The Kier molecular flexibility index (Phi) is 4.17. The molecule has 1 aromatic rings. The number of carbonyl (C=O) groups excluding carboxylic acids is 1. The highest BCUT2D eigenvalue weighted by molar-refractivity contribution is 5.94. The van der Waals surface area contributed by atoms with Crippen LogP contribution in [0.3, 0.4) is 0 Å². The molecule has 0 aliphatic carbocycles. The van der Waals surface area contributed by atoms with Crippen LogP contribution in [0.4, 0.5) is 8.78 Å². The van der Waals surface area contributed by atoms with Crippen LogP contribution in [0.2, 0.25) is 0 Å². The van der Waals surface area contributed by atoms with E-state index < -0.39 is 23.1 Å². The molecule has 0 bridgehead atoms. The Morgan fingerprint density at radius 3 is 2.35 bits per heavy atom. The zero-order valence-electron chi connectivity index (χ0n) is 9.89. The van der Waals surface area contributed by atoms with Gasteiger partial charge in [0.15, 0.2) is 0 Å². The first-order valence-electron chi connectivity index (χ1n) is 5.30. The van der Waals surface area contributed by atoms with Crippen molar-refractivity contribution < 1.29 is 13.6 Å². The molecule has 0 heterocycles. The van der Waals surface area contributed by atoms with Gasteiger partial charge in [-0.25, -0.2) is 8.78 Å². The summed E-state index contributed by atoms with van der Waals surface area (Å²) in [6.45, 7) is 4.33. The van der Waals surface area contributed by atoms with Gasteiger partial charge in [0.2, 0.25) is 0 Å². The minimum atomic E-state index is -0.868. The second-order valence-corrected chi connectivity index (χ2v) is 4.65. The van der Waals surface area contributed by atoms with Crippen molar-refractivity contribution in [2.24, 2.45) is 11.1 Å². The maximum absolute atomic E-state index is 13.3. The lowest BCUT2D eigenvalue weighted by Gasteiger charge is -2.22. The lowest BCUT2D eigenvalue weighted by atomic mass is 9.94. The average Bonchev–Trinajstić information content (AvgIpc) is 2.26. The third kappa shape index (κ3) is 3.49. The van der Waals surface area contributed by atoms with Crippen LogP contribution in [0.25, 0.3) is 0 Å². The fraction of sp³-hybridized carbons (Fsp3) is 0.417. The molecule has 3 N–H and O–H groups in total. The molecule has 94 valence electrons. The second-order valence-electron chi connectivity index (χ2n) is 4.65. The number of halogens is 2. The van der Waals surface area contributed by atoms with Gasteiger partial charge in [0, 0.05) is 6.54 Å². The number of amides is 1. The number of nitrogens with one attached hydrogen (secondary N) is 1. The lowest BCUT2D eigenvalue weighted by molar-refractivity contribution is 0.0929. The summed E-state index contributed by atoms with van der Waals surface area (Å²) in [7, 11) is 0. The Labute approximate surface area is 99.0 Å². The molecule has 1 amide bonds. The molecule has 0 fully saturated rings. The molecule has 1 rings (SSSR count). The monoisotopic (exact) mass is 242 g/mol. The third-order valence-electron chi connectivity index (χ3n) is 2.47. The van der Waals surface area contributed by atoms with Crippen LogP contribution >= 0.6 is 0 Å². The standard InChI is InChI=1S/C12H16F2N2O/c1-12(2,6-15)7-16-11(17)10-8(13)4-3-5-9(10)14/h3-5H,6-7,15H2,1-2H3,(H,16,17). The van der Waals surface area contributed by atoms with E-state index in [1.807, 2.05) is 13.8 Å². The van der Waals surface area contributed by atoms with E-state index in [9.17, 15) is 13.6 Å². The van der Waals surface area contributed by atoms with Gasteiger partial charge in [0.1, 0.15) is 17.2 Å². The van der Waals surface area contributed by atoms with Crippen molar-refractivity contribution in [1.29, 1.82) is 0 Å². The highest BCUT2D eigenvalue weighted by Gasteiger charge is 2.20. The molecule has 0 aromatic heterocycles. The Morgan fingerprint density at radius 2 is 1.88 bits per heavy atom. The highest BCUT2D eigenvalue weighted by atomic mass is 19.1. The fourth-order valence-corrected chi connectivity index (χ4v) is 1.19. The zero-order valence-corrected chi connectivity index (χ0v) is 9.89. The number of hydrogen-bond acceptors (Lipinski definition) is 2. The molecule has 0 aliphatic rings. The van der Waals surface area contributed by atoms with Crippen molar-refractivity contribution in [3.05, 3.63) is 35.4 Å². The van der Waals surface area contributed by atoms with E-state index in [0.29, 0.717) is 6.54 Å². The smallest absolute Gasteiger partial charge is 0.257 e. The average molecular weight is 242 g/mol. The van der Waals surface area contributed by atoms with Crippen LogP contribution in [-0.4, -0.2) is 19.0 Å². The molecule has 0 saturated heterocycles. The molecule has 0 saturated carbocycles. The van der Waals surface area contributed by atoms with E-state index in [2.05, 4.69) is 5.32 Å². The van der Waals surface area contributed by atoms with E-state index in [1.54, 1.807) is 0 Å². The van der Waals surface area contributed by atoms with Crippen molar-refractivity contribution in [3.8, 4) is 0 Å². The molecule has 0 spiro atoms. The summed E-state index contributed by atoms with van der Waals surface area (Å²) in [6.07, 6.45) is 0. The predicted molar refractivity (Wildman–Crippen MR) is 61.5 cm³/mol. The topological polar surface area (TPSA) is 55.1 Å². The quantitative estimate of drug-likeness (QED) is 0.844. The number of carbonyl (C=O) groups is 1. The summed E-state index contributed by atoms with van der Waals surface area (Å²) < 4.78 is 26.6. The van der Waals surface area contributed by atoms with Crippen LogP contribution in [0.5, 0.6) is 0 Å². The number of hydrogen-bond donors (Lipinski definition) is 2. The molecule has 0 aliphatic heterocycles. The number of nitrogens with two attached hydrogens (primary N) is 1. The first-order chi connectivity index (χ1) is 7.87. The zero-order chi connectivity index (χ0) is 13.1. The Bertz CT molecular complexity index is 399. The molecular weight excluding hydrogens is 226 g/mol. The maximum atomic E-state index is 13.3. The Morgan fingerprint density at radius 1 is 1.35 bits per heavy atom. The summed E-state index contributed by atoms with van der Waals surface area (Å²) in [4.78, 5) is 11.6. The third-order valence-corrected chi connectivity index (χ3v) is 2.47. The molecular formula is C12H16F2N2O. The van der Waals surface area contributed by atoms with Crippen LogP contribution in [-0.2, 0) is 0 Å². The minimum absolute atomic E-state index is 0.260. The SMILES string of the molecule is CC(C)(CN)CNC(=O)c1c(F)cccc1F. The van der Waals surface area contributed by atoms with E-state index in [0.717, 1.165) is 12.1 Å². The number of rotatable bonds is 4.